The molecule has 1 aliphatic rings. The van der Waals surface area contributed by atoms with E-state index in [1.807, 2.05) is 30.0 Å². The maximum Gasteiger partial charge on any atom is 0.0498 e. The highest BCUT2D eigenvalue weighted by Gasteiger charge is 2.13. The lowest BCUT2D eigenvalue weighted by Crippen LogP contribution is -2.24. The zero-order valence-electron chi connectivity index (χ0n) is 10.4. The Kier molecular flexibility index (Phi) is 5.39. The summed E-state index contributed by atoms with van der Waals surface area (Å²) in [6.45, 7) is 0. The summed E-state index contributed by atoms with van der Waals surface area (Å²) in [5, 5.41) is 4.25. The number of benzene rings is 1. The van der Waals surface area contributed by atoms with Gasteiger partial charge in [-0.05, 0) is 48.1 Å². The molecule has 0 radical (unpaired) electrons. The van der Waals surface area contributed by atoms with E-state index in [-0.39, 0.29) is 0 Å². The van der Waals surface area contributed by atoms with Gasteiger partial charge in [0.15, 0.2) is 0 Å². The summed E-state index contributed by atoms with van der Waals surface area (Å²) >= 11 is 8.14. The van der Waals surface area contributed by atoms with Gasteiger partial charge in [-0.2, -0.15) is 11.8 Å². The van der Waals surface area contributed by atoms with E-state index in [9.17, 15) is 4.21 Å². The molecule has 100 valence electrons. The summed E-state index contributed by atoms with van der Waals surface area (Å²) in [6, 6.07) is 6.49. The largest absolute Gasteiger partial charge is 0.382 e. The lowest BCUT2D eigenvalue weighted by molar-refractivity contribution is 0.667. The lowest BCUT2D eigenvalue weighted by atomic mass is 10.1. The first-order chi connectivity index (χ1) is 8.65. The number of nitrogens with one attached hydrogen (secondary N) is 1. The molecule has 0 spiro atoms. The first-order valence-electron chi connectivity index (χ1n) is 6.08. The Hall–Kier alpha value is -0.190. The fourth-order valence-electron chi connectivity index (χ4n) is 2.07. The van der Waals surface area contributed by atoms with Gasteiger partial charge in [0.25, 0.3) is 0 Å². The van der Waals surface area contributed by atoms with Crippen molar-refractivity contribution in [3.63, 3.8) is 0 Å². The summed E-state index contributed by atoms with van der Waals surface area (Å²) in [5.41, 5.74) is 2.06. The Bertz CT molecular complexity index is 433. The summed E-state index contributed by atoms with van der Waals surface area (Å²) in [4.78, 5) is 0. The van der Waals surface area contributed by atoms with E-state index in [0.29, 0.717) is 16.8 Å². The molecule has 0 saturated carbocycles. The second-order valence-corrected chi connectivity index (χ2v) is 7.62. The molecule has 1 N–H and O–H groups in total. The third-order valence-electron chi connectivity index (χ3n) is 3.00. The van der Waals surface area contributed by atoms with Crippen molar-refractivity contribution in [3.8, 4) is 0 Å². The number of rotatable bonds is 4. The summed E-state index contributed by atoms with van der Waals surface area (Å²) in [6.07, 6.45) is 4.12. The summed E-state index contributed by atoms with van der Waals surface area (Å²) < 4.78 is 11.3. The number of hydrogen-bond acceptors (Lipinski definition) is 3. The standard InChI is InChI=1S/C13H18ClNOS2/c1-18(16)9-10-8-12(2-3-13(10)14)15-11-4-6-17-7-5-11/h2-3,8,11,15H,4-7,9H2,1H3. The first kappa shape index (κ1) is 14.2. The van der Waals surface area contributed by atoms with Crippen LogP contribution in [-0.4, -0.2) is 28.0 Å². The predicted octanol–water partition coefficient (Wildman–Crippen LogP) is 3.53. The van der Waals surface area contributed by atoms with Crippen LogP contribution in [0.1, 0.15) is 18.4 Å². The normalized spacial score (nSPS) is 18.6. The van der Waals surface area contributed by atoms with Crippen molar-refractivity contribution in [3.05, 3.63) is 28.8 Å². The lowest BCUT2D eigenvalue weighted by Gasteiger charge is -2.24. The molecule has 2 rings (SSSR count). The van der Waals surface area contributed by atoms with Crippen LogP contribution in [0.25, 0.3) is 0 Å². The highest BCUT2D eigenvalue weighted by Crippen LogP contribution is 2.25. The molecule has 0 bridgehead atoms. The molecule has 2 nitrogen and oxygen atoms in total. The molecule has 1 atom stereocenters. The van der Waals surface area contributed by atoms with Crippen molar-refractivity contribution in [2.24, 2.45) is 0 Å². The highest BCUT2D eigenvalue weighted by atomic mass is 35.5. The van der Waals surface area contributed by atoms with Gasteiger partial charge in [0, 0.05) is 39.6 Å². The molecule has 18 heavy (non-hydrogen) atoms. The Morgan fingerprint density at radius 1 is 1.44 bits per heavy atom. The van der Waals surface area contributed by atoms with Gasteiger partial charge in [-0.15, -0.1) is 0 Å². The van der Waals surface area contributed by atoms with Crippen molar-refractivity contribution >= 4 is 39.8 Å². The van der Waals surface area contributed by atoms with Gasteiger partial charge in [-0.3, -0.25) is 4.21 Å². The number of halogens is 1. The van der Waals surface area contributed by atoms with Crippen LogP contribution in [-0.2, 0) is 16.6 Å². The van der Waals surface area contributed by atoms with E-state index < -0.39 is 10.8 Å². The predicted molar refractivity (Wildman–Crippen MR) is 83.2 cm³/mol. The van der Waals surface area contributed by atoms with Crippen molar-refractivity contribution in [2.75, 3.05) is 23.1 Å². The minimum Gasteiger partial charge on any atom is -0.382 e. The average molecular weight is 304 g/mol. The Morgan fingerprint density at radius 3 is 2.83 bits per heavy atom. The van der Waals surface area contributed by atoms with Crippen LogP contribution in [0.3, 0.4) is 0 Å². The second kappa shape index (κ2) is 6.83. The monoisotopic (exact) mass is 303 g/mol. The molecule has 0 amide bonds. The van der Waals surface area contributed by atoms with Crippen LogP contribution in [0, 0.1) is 0 Å². The maximum absolute atomic E-state index is 11.3. The van der Waals surface area contributed by atoms with Gasteiger partial charge in [0.1, 0.15) is 0 Å². The van der Waals surface area contributed by atoms with E-state index >= 15 is 0 Å². The second-order valence-electron chi connectivity index (χ2n) is 4.55. The molecule has 1 aliphatic heterocycles. The van der Waals surface area contributed by atoms with Crippen LogP contribution < -0.4 is 5.32 Å². The van der Waals surface area contributed by atoms with Gasteiger partial charge in [-0.1, -0.05) is 11.6 Å². The quantitative estimate of drug-likeness (QED) is 0.922. The van der Waals surface area contributed by atoms with E-state index in [2.05, 4.69) is 5.32 Å². The van der Waals surface area contributed by atoms with Crippen LogP contribution in [0.2, 0.25) is 5.02 Å². The fourth-order valence-corrected chi connectivity index (χ4v) is 4.12. The molecule has 1 fully saturated rings. The molecule has 1 saturated heterocycles. The van der Waals surface area contributed by atoms with Crippen LogP contribution in [0.15, 0.2) is 18.2 Å². The zero-order valence-corrected chi connectivity index (χ0v) is 12.8. The van der Waals surface area contributed by atoms with Gasteiger partial charge < -0.3 is 5.32 Å². The van der Waals surface area contributed by atoms with E-state index in [1.165, 1.54) is 24.3 Å². The smallest absolute Gasteiger partial charge is 0.0498 e. The van der Waals surface area contributed by atoms with Gasteiger partial charge in [0.2, 0.25) is 0 Å². The van der Waals surface area contributed by atoms with E-state index in [1.54, 1.807) is 6.26 Å². The molecule has 0 aliphatic carbocycles. The molecule has 5 heteroatoms. The van der Waals surface area contributed by atoms with E-state index in [0.717, 1.165) is 11.3 Å². The van der Waals surface area contributed by atoms with Crippen LogP contribution in [0.5, 0.6) is 0 Å². The third-order valence-corrected chi connectivity index (χ3v) is 5.13. The Labute approximate surface area is 120 Å². The van der Waals surface area contributed by atoms with Crippen LogP contribution in [0.4, 0.5) is 5.69 Å². The number of thioether (sulfide) groups is 1. The molecular weight excluding hydrogens is 286 g/mol. The molecule has 1 aromatic rings. The molecule has 1 aromatic carbocycles. The van der Waals surface area contributed by atoms with Crippen molar-refractivity contribution < 1.29 is 4.21 Å². The van der Waals surface area contributed by atoms with Gasteiger partial charge in [0.05, 0.1) is 0 Å². The van der Waals surface area contributed by atoms with Gasteiger partial charge >= 0.3 is 0 Å². The van der Waals surface area contributed by atoms with Crippen molar-refractivity contribution in [1.29, 1.82) is 0 Å². The number of hydrogen-bond donors (Lipinski definition) is 1. The maximum atomic E-state index is 11.3. The molecule has 1 unspecified atom stereocenters. The summed E-state index contributed by atoms with van der Waals surface area (Å²) in [7, 11) is -0.857. The zero-order chi connectivity index (χ0) is 13.0. The molecular formula is C13H18ClNOS2. The van der Waals surface area contributed by atoms with Crippen molar-refractivity contribution in [2.45, 2.75) is 24.6 Å². The average Bonchev–Trinajstić information content (AvgIpc) is 2.34. The van der Waals surface area contributed by atoms with Crippen molar-refractivity contribution in [1.82, 2.24) is 0 Å². The fraction of sp³-hybridized carbons (Fsp3) is 0.538. The Morgan fingerprint density at radius 2 is 2.17 bits per heavy atom. The highest BCUT2D eigenvalue weighted by molar-refractivity contribution is 7.99. The first-order valence-corrected chi connectivity index (χ1v) is 9.34. The minimum atomic E-state index is -0.857. The van der Waals surface area contributed by atoms with Gasteiger partial charge in [-0.25, -0.2) is 0 Å². The topological polar surface area (TPSA) is 29.1 Å². The molecule has 0 aromatic heterocycles. The third kappa shape index (κ3) is 4.18. The van der Waals surface area contributed by atoms with Crippen LogP contribution >= 0.6 is 23.4 Å². The summed E-state index contributed by atoms with van der Waals surface area (Å²) in [5.74, 6) is 2.99. The molecule has 1 heterocycles. The Balaban J connectivity index is 2.05. The SMILES string of the molecule is CS(=O)Cc1cc(NC2CCSCC2)ccc1Cl. The number of anilines is 1. The minimum absolute atomic E-state index is 0.523. The van der Waals surface area contributed by atoms with E-state index in [4.69, 9.17) is 11.6 Å².